The average molecular weight is 348 g/mol. The Bertz CT molecular complexity index is 652. The van der Waals surface area contributed by atoms with Crippen LogP contribution in [0.3, 0.4) is 0 Å². The Morgan fingerprint density at radius 2 is 1.52 bits per heavy atom. The molecule has 6 heteroatoms. The SMILES string of the molecule is c1ccc2c(SC[Si]34OCCN(CCO3)CCO4)cccc2c1. The quantitative estimate of drug-likeness (QED) is 0.629. The molecule has 3 heterocycles. The van der Waals surface area contributed by atoms with Gasteiger partial charge in [-0.25, -0.2) is 0 Å². The van der Waals surface area contributed by atoms with Crippen molar-refractivity contribution in [2.75, 3.05) is 44.8 Å². The zero-order chi connectivity index (χ0) is 15.5. The monoisotopic (exact) mass is 347 g/mol. The van der Waals surface area contributed by atoms with E-state index in [1.165, 1.54) is 15.7 Å². The van der Waals surface area contributed by atoms with Gasteiger partial charge in [0.2, 0.25) is 0 Å². The third-order valence-corrected chi connectivity index (χ3v) is 8.93. The molecule has 3 aliphatic rings. The van der Waals surface area contributed by atoms with Crippen LogP contribution < -0.4 is 0 Å². The second-order valence-corrected chi connectivity index (χ2v) is 9.95. The van der Waals surface area contributed by atoms with Gasteiger partial charge in [0.05, 0.1) is 25.2 Å². The van der Waals surface area contributed by atoms with E-state index in [0.29, 0.717) is 19.8 Å². The summed E-state index contributed by atoms with van der Waals surface area (Å²) in [5, 5.41) is 3.33. The molecule has 0 radical (unpaired) electrons. The van der Waals surface area contributed by atoms with Crippen LogP contribution in [0.1, 0.15) is 0 Å². The molecule has 2 aromatic rings. The summed E-state index contributed by atoms with van der Waals surface area (Å²) < 4.78 is 18.3. The normalized spacial score (nSPS) is 28.3. The second kappa shape index (κ2) is 6.92. The van der Waals surface area contributed by atoms with Crippen LogP contribution in [-0.4, -0.2) is 58.5 Å². The fourth-order valence-electron chi connectivity index (χ4n) is 3.06. The molecule has 3 saturated heterocycles. The smallest absolute Gasteiger partial charge is 0.372 e. The van der Waals surface area contributed by atoms with Gasteiger partial charge in [-0.15, -0.1) is 11.8 Å². The molecular weight excluding hydrogens is 326 g/mol. The van der Waals surface area contributed by atoms with E-state index in [1.807, 2.05) is 0 Å². The van der Waals surface area contributed by atoms with Crippen LogP contribution in [0.2, 0.25) is 0 Å². The highest BCUT2D eigenvalue weighted by Crippen LogP contribution is 2.31. The van der Waals surface area contributed by atoms with Gasteiger partial charge in [0.1, 0.15) is 0 Å². The molecule has 0 aliphatic carbocycles. The first-order valence-electron chi connectivity index (χ1n) is 8.09. The van der Waals surface area contributed by atoms with E-state index >= 15 is 0 Å². The van der Waals surface area contributed by atoms with Gasteiger partial charge in [-0.05, 0) is 16.8 Å². The third kappa shape index (κ3) is 3.47. The fraction of sp³-hybridized carbons (Fsp3) is 0.412. The van der Waals surface area contributed by atoms with E-state index in [9.17, 15) is 0 Å². The van der Waals surface area contributed by atoms with Crippen molar-refractivity contribution in [3.8, 4) is 0 Å². The highest BCUT2D eigenvalue weighted by atomic mass is 32.2. The molecule has 0 atom stereocenters. The van der Waals surface area contributed by atoms with Gasteiger partial charge in [0.25, 0.3) is 0 Å². The Hall–Kier alpha value is -0.893. The first-order valence-corrected chi connectivity index (χ1v) is 11.0. The fourth-order valence-corrected chi connectivity index (χ4v) is 7.37. The molecule has 3 fully saturated rings. The van der Waals surface area contributed by atoms with Crippen molar-refractivity contribution in [3.05, 3.63) is 42.5 Å². The average Bonchev–Trinajstić information content (AvgIpc) is 2.53. The minimum Gasteiger partial charge on any atom is -0.372 e. The molecule has 0 aromatic heterocycles. The van der Waals surface area contributed by atoms with Crippen molar-refractivity contribution >= 4 is 31.3 Å². The maximum atomic E-state index is 6.11. The number of fused-ring (bicyclic) bond motifs is 7. The summed E-state index contributed by atoms with van der Waals surface area (Å²) >= 11 is 1.80. The Kier molecular flexibility index (Phi) is 4.70. The highest BCUT2D eigenvalue weighted by molar-refractivity contribution is 8.01. The molecule has 23 heavy (non-hydrogen) atoms. The largest absolute Gasteiger partial charge is 0.511 e. The number of rotatable bonds is 3. The number of hydrogen-bond donors (Lipinski definition) is 0. The summed E-state index contributed by atoms with van der Waals surface area (Å²) in [5.41, 5.74) is 0. The van der Waals surface area contributed by atoms with Gasteiger partial charge in [-0.2, -0.15) is 0 Å². The lowest BCUT2D eigenvalue weighted by Gasteiger charge is -2.38. The van der Waals surface area contributed by atoms with Gasteiger partial charge in [0.15, 0.2) is 0 Å². The van der Waals surface area contributed by atoms with E-state index in [-0.39, 0.29) is 0 Å². The van der Waals surface area contributed by atoms with Crippen LogP contribution in [0, 0.1) is 0 Å². The van der Waals surface area contributed by atoms with Crippen molar-refractivity contribution in [2.24, 2.45) is 0 Å². The molecule has 0 saturated carbocycles. The molecule has 0 unspecified atom stereocenters. The lowest BCUT2D eigenvalue weighted by atomic mass is 10.1. The lowest BCUT2D eigenvalue weighted by molar-refractivity contribution is -0.00443. The zero-order valence-electron chi connectivity index (χ0n) is 13.1. The highest BCUT2D eigenvalue weighted by Gasteiger charge is 2.44. The van der Waals surface area contributed by atoms with Crippen LogP contribution in [-0.2, 0) is 13.3 Å². The predicted octanol–water partition coefficient (Wildman–Crippen LogP) is 2.79. The minimum absolute atomic E-state index is 0.711. The van der Waals surface area contributed by atoms with Crippen LogP contribution in [0.5, 0.6) is 0 Å². The second-order valence-electron chi connectivity index (χ2n) is 5.84. The summed E-state index contributed by atoms with van der Waals surface area (Å²) in [5.74, 6) is 0. The molecule has 122 valence electrons. The lowest BCUT2D eigenvalue weighted by Crippen LogP contribution is -2.57. The van der Waals surface area contributed by atoms with E-state index in [2.05, 4.69) is 47.4 Å². The van der Waals surface area contributed by atoms with Crippen molar-refractivity contribution in [2.45, 2.75) is 4.90 Å². The van der Waals surface area contributed by atoms with Gasteiger partial charge in [-0.1, -0.05) is 36.4 Å². The van der Waals surface area contributed by atoms with Crippen molar-refractivity contribution < 1.29 is 13.3 Å². The molecule has 0 spiro atoms. The molecule has 0 N–H and O–H groups in total. The van der Waals surface area contributed by atoms with Crippen molar-refractivity contribution in [1.82, 2.24) is 4.90 Å². The molecule has 2 bridgehead atoms. The summed E-state index contributed by atoms with van der Waals surface area (Å²) in [6, 6.07) is 14.9. The summed E-state index contributed by atoms with van der Waals surface area (Å²) in [6.07, 6.45) is 0. The van der Waals surface area contributed by atoms with E-state index < -0.39 is 8.80 Å². The third-order valence-electron chi connectivity index (χ3n) is 4.34. The van der Waals surface area contributed by atoms with Gasteiger partial charge in [0, 0.05) is 24.5 Å². The van der Waals surface area contributed by atoms with Crippen molar-refractivity contribution in [3.63, 3.8) is 0 Å². The maximum absolute atomic E-state index is 6.11. The zero-order valence-corrected chi connectivity index (χ0v) is 14.9. The van der Waals surface area contributed by atoms with Crippen LogP contribution in [0.25, 0.3) is 10.8 Å². The molecule has 4 nitrogen and oxygen atoms in total. The standard InChI is InChI=1S/C17H21NO3SSi/c1-2-6-16-15(4-1)5-3-7-17(16)22-14-23-19-11-8-18(9-12-20-23)10-13-21-23/h1-7H,8-14H2. The Morgan fingerprint density at radius 3 is 2.26 bits per heavy atom. The maximum Gasteiger partial charge on any atom is 0.511 e. The first-order chi connectivity index (χ1) is 11.3. The summed E-state index contributed by atoms with van der Waals surface area (Å²) in [4.78, 5) is 3.61. The van der Waals surface area contributed by atoms with E-state index in [4.69, 9.17) is 13.3 Å². The summed E-state index contributed by atoms with van der Waals surface area (Å²) in [7, 11) is -2.56. The van der Waals surface area contributed by atoms with E-state index in [0.717, 1.165) is 25.0 Å². The number of nitrogens with zero attached hydrogens (tertiary/aromatic N) is 1. The van der Waals surface area contributed by atoms with Gasteiger partial charge >= 0.3 is 8.80 Å². The van der Waals surface area contributed by atoms with Crippen molar-refractivity contribution in [1.29, 1.82) is 0 Å². The van der Waals surface area contributed by atoms with Crippen LogP contribution in [0.15, 0.2) is 47.4 Å². The molecule has 3 aliphatic heterocycles. The van der Waals surface area contributed by atoms with Gasteiger partial charge in [-0.3, -0.25) is 4.90 Å². The number of hydrogen-bond acceptors (Lipinski definition) is 5. The Labute approximate surface area is 142 Å². The van der Waals surface area contributed by atoms with Crippen LogP contribution in [0.4, 0.5) is 0 Å². The number of thioether (sulfide) groups is 1. The van der Waals surface area contributed by atoms with Crippen LogP contribution >= 0.6 is 11.8 Å². The molecule has 2 aromatic carbocycles. The minimum atomic E-state index is -2.56. The number of benzene rings is 2. The topological polar surface area (TPSA) is 30.9 Å². The first kappa shape index (κ1) is 15.6. The molecule has 0 amide bonds. The van der Waals surface area contributed by atoms with Gasteiger partial charge < -0.3 is 13.3 Å². The Balaban J connectivity index is 1.54. The molecule has 5 rings (SSSR count). The predicted molar refractivity (Wildman–Crippen MR) is 94.7 cm³/mol. The van der Waals surface area contributed by atoms with E-state index in [1.54, 1.807) is 11.8 Å². The summed E-state index contributed by atoms with van der Waals surface area (Å²) in [6.45, 7) is 5.09. The molecular formula is C17H21NO3SSi. The Morgan fingerprint density at radius 1 is 0.870 bits per heavy atom.